The SMILES string of the molecule is CCO[P+](C)(OCC)SCCO. The van der Waals surface area contributed by atoms with Crippen molar-refractivity contribution in [1.29, 1.82) is 0 Å². The van der Waals surface area contributed by atoms with Crippen LogP contribution in [0.3, 0.4) is 0 Å². The smallest absolute Gasteiger partial charge is 0.330 e. The number of rotatable bonds is 7. The Balaban J connectivity index is 3.80. The average molecular weight is 213 g/mol. The molecule has 5 heteroatoms. The fourth-order valence-corrected chi connectivity index (χ4v) is 4.68. The van der Waals surface area contributed by atoms with Crippen LogP contribution in [0.5, 0.6) is 0 Å². The molecule has 0 aliphatic heterocycles. The normalized spacial score (nSPS) is 12.0. The number of hydrogen-bond acceptors (Lipinski definition) is 4. The van der Waals surface area contributed by atoms with E-state index in [0.29, 0.717) is 19.0 Å². The molecule has 0 spiro atoms. The first kappa shape index (κ1) is 12.7. The molecule has 0 aliphatic carbocycles. The van der Waals surface area contributed by atoms with Crippen molar-refractivity contribution in [3.05, 3.63) is 0 Å². The van der Waals surface area contributed by atoms with E-state index in [1.54, 1.807) is 11.4 Å². The summed E-state index contributed by atoms with van der Waals surface area (Å²) in [6.07, 6.45) is 0. The third kappa shape index (κ3) is 5.33. The molecule has 0 amide bonds. The zero-order chi connectivity index (χ0) is 9.45. The van der Waals surface area contributed by atoms with Gasteiger partial charge in [0.15, 0.2) is 0 Å². The van der Waals surface area contributed by atoms with E-state index in [9.17, 15) is 0 Å². The molecule has 0 unspecified atom stereocenters. The fourth-order valence-electron chi connectivity index (χ4n) is 0.787. The van der Waals surface area contributed by atoms with Gasteiger partial charge in [0, 0.05) is 0 Å². The van der Waals surface area contributed by atoms with E-state index in [-0.39, 0.29) is 6.61 Å². The highest BCUT2D eigenvalue weighted by atomic mass is 32.7. The fraction of sp³-hybridized carbons (Fsp3) is 1.00. The van der Waals surface area contributed by atoms with Crippen LogP contribution in [-0.4, -0.2) is 37.3 Å². The number of hydrogen-bond donors (Lipinski definition) is 1. The summed E-state index contributed by atoms with van der Waals surface area (Å²) in [5.41, 5.74) is 0. The van der Waals surface area contributed by atoms with Crippen molar-refractivity contribution in [2.45, 2.75) is 13.8 Å². The second-order valence-electron chi connectivity index (χ2n) is 2.16. The van der Waals surface area contributed by atoms with Crippen molar-refractivity contribution in [2.24, 2.45) is 0 Å². The quantitative estimate of drug-likeness (QED) is 0.658. The average Bonchev–Trinajstić information content (AvgIpc) is 2.02. The van der Waals surface area contributed by atoms with Crippen molar-refractivity contribution in [3.63, 3.8) is 0 Å². The second kappa shape index (κ2) is 7.10. The molecule has 0 saturated carbocycles. The molecule has 3 nitrogen and oxygen atoms in total. The second-order valence-corrected chi connectivity index (χ2v) is 7.65. The van der Waals surface area contributed by atoms with Crippen molar-refractivity contribution in [3.8, 4) is 0 Å². The Morgan fingerprint density at radius 1 is 1.25 bits per heavy atom. The Labute approximate surface area is 79.1 Å². The lowest BCUT2D eigenvalue weighted by Gasteiger charge is -2.16. The summed E-state index contributed by atoms with van der Waals surface area (Å²) in [5, 5.41) is 8.65. The summed E-state index contributed by atoms with van der Waals surface area (Å²) in [7, 11) is 0. The van der Waals surface area contributed by atoms with Gasteiger partial charge < -0.3 is 5.11 Å². The molecule has 0 saturated heterocycles. The maximum atomic E-state index is 8.65. The minimum Gasteiger partial charge on any atom is -0.395 e. The van der Waals surface area contributed by atoms with Gasteiger partial charge in [0.25, 0.3) is 0 Å². The molecule has 0 aromatic rings. The maximum absolute atomic E-state index is 8.65. The highest BCUT2D eigenvalue weighted by Crippen LogP contribution is 2.68. The summed E-state index contributed by atoms with van der Waals surface area (Å²) in [4.78, 5) is 0. The summed E-state index contributed by atoms with van der Waals surface area (Å²) in [5.74, 6) is 0.685. The largest absolute Gasteiger partial charge is 0.395 e. The van der Waals surface area contributed by atoms with Crippen molar-refractivity contribution >= 4 is 18.3 Å². The van der Waals surface area contributed by atoms with Gasteiger partial charge in [0.1, 0.15) is 6.66 Å². The monoisotopic (exact) mass is 213 g/mol. The van der Waals surface area contributed by atoms with E-state index >= 15 is 0 Å². The third-order valence-corrected chi connectivity index (χ3v) is 6.02. The van der Waals surface area contributed by atoms with Gasteiger partial charge in [0.05, 0.1) is 37.0 Å². The Kier molecular flexibility index (Phi) is 7.49. The molecule has 0 fully saturated rings. The molecule has 0 bridgehead atoms. The lowest BCUT2D eigenvalue weighted by atomic mass is 10.9. The molecular formula is C7H18O3PS+. The van der Waals surface area contributed by atoms with Crippen LogP contribution in [0.4, 0.5) is 0 Å². The molecule has 1 N–H and O–H groups in total. The molecule has 12 heavy (non-hydrogen) atoms. The van der Waals surface area contributed by atoms with Gasteiger partial charge >= 0.3 is 6.92 Å². The predicted octanol–water partition coefficient (Wildman–Crippen LogP) is 2.18. The summed E-state index contributed by atoms with van der Waals surface area (Å²) < 4.78 is 11.0. The zero-order valence-corrected chi connectivity index (χ0v) is 9.66. The summed E-state index contributed by atoms with van der Waals surface area (Å²) in [6.45, 7) is 5.69. The van der Waals surface area contributed by atoms with Gasteiger partial charge in [-0.2, -0.15) is 9.05 Å². The van der Waals surface area contributed by atoms with E-state index < -0.39 is 6.92 Å². The molecule has 0 atom stereocenters. The molecule has 0 rings (SSSR count). The molecule has 0 heterocycles. The minimum atomic E-state index is -1.73. The molecule has 0 radical (unpaired) electrons. The van der Waals surface area contributed by atoms with Crippen LogP contribution >= 0.6 is 18.3 Å². The van der Waals surface area contributed by atoms with E-state index in [1.165, 1.54) is 0 Å². The first-order valence-electron chi connectivity index (χ1n) is 4.09. The van der Waals surface area contributed by atoms with Crippen LogP contribution in [0.25, 0.3) is 0 Å². The summed E-state index contributed by atoms with van der Waals surface area (Å²) >= 11 is 1.59. The minimum absolute atomic E-state index is 0.181. The van der Waals surface area contributed by atoms with Crippen molar-refractivity contribution in [1.82, 2.24) is 0 Å². The van der Waals surface area contributed by atoms with Crippen molar-refractivity contribution in [2.75, 3.05) is 32.2 Å². The summed E-state index contributed by atoms with van der Waals surface area (Å²) in [6, 6.07) is 0. The van der Waals surface area contributed by atoms with E-state index in [1.807, 2.05) is 20.5 Å². The van der Waals surface area contributed by atoms with Gasteiger partial charge in [-0.1, -0.05) is 0 Å². The van der Waals surface area contributed by atoms with Crippen LogP contribution in [0.2, 0.25) is 0 Å². The highest BCUT2D eigenvalue weighted by Gasteiger charge is 2.36. The Morgan fingerprint density at radius 3 is 2.08 bits per heavy atom. The van der Waals surface area contributed by atoms with Crippen LogP contribution in [0.15, 0.2) is 0 Å². The molecule has 0 aromatic heterocycles. The molecule has 0 aromatic carbocycles. The zero-order valence-electron chi connectivity index (χ0n) is 7.95. The Morgan fingerprint density at radius 2 is 1.75 bits per heavy atom. The van der Waals surface area contributed by atoms with Crippen LogP contribution < -0.4 is 0 Å². The molecule has 74 valence electrons. The Hall–Kier alpha value is 0.660. The highest BCUT2D eigenvalue weighted by molar-refractivity contribution is 8.59. The lowest BCUT2D eigenvalue weighted by Crippen LogP contribution is -2.00. The van der Waals surface area contributed by atoms with Gasteiger partial charge in [-0.3, -0.25) is 0 Å². The molecule has 0 aliphatic rings. The van der Waals surface area contributed by atoms with E-state index in [4.69, 9.17) is 14.2 Å². The van der Waals surface area contributed by atoms with Gasteiger partial charge in [-0.15, -0.1) is 0 Å². The first-order valence-corrected chi connectivity index (χ1v) is 7.75. The van der Waals surface area contributed by atoms with E-state index in [2.05, 4.69) is 0 Å². The van der Waals surface area contributed by atoms with Crippen molar-refractivity contribution < 1.29 is 14.2 Å². The Bertz CT molecular complexity index is 107. The van der Waals surface area contributed by atoms with E-state index in [0.717, 1.165) is 0 Å². The topological polar surface area (TPSA) is 38.7 Å². The van der Waals surface area contributed by atoms with Crippen LogP contribution in [0, 0.1) is 0 Å². The predicted molar refractivity (Wildman–Crippen MR) is 55.6 cm³/mol. The standard InChI is InChI=1S/C7H18O3PS/c1-4-9-11(3,10-5-2)12-7-6-8/h8H,4-7H2,1-3H3/q+1. The van der Waals surface area contributed by atoms with Gasteiger partial charge in [0.2, 0.25) is 0 Å². The van der Waals surface area contributed by atoms with Gasteiger partial charge in [-0.05, 0) is 13.8 Å². The maximum Gasteiger partial charge on any atom is 0.330 e. The first-order chi connectivity index (χ1) is 5.68. The number of aliphatic hydroxyl groups excluding tert-OH is 1. The van der Waals surface area contributed by atoms with Crippen LogP contribution in [0.1, 0.15) is 13.8 Å². The number of aliphatic hydroxyl groups is 1. The lowest BCUT2D eigenvalue weighted by molar-refractivity contribution is 0.267. The van der Waals surface area contributed by atoms with Gasteiger partial charge in [-0.25, -0.2) is 0 Å². The molecular weight excluding hydrogens is 195 g/mol. The van der Waals surface area contributed by atoms with Crippen LogP contribution in [-0.2, 0) is 9.05 Å². The third-order valence-electron chi connectivity index (χ3n) is 1.14.